The van der Waals surface area contributed by atoms with Crippen molar-refractivity contribution >= 4 is 27.6 Å². The zero-order chi connectivity index (χ0) is 13.1. The quantitative estimate of drug-likeness (QED) is 0.829. The van der Waals surface area contributed by atoms with Crippen LogP contribution < -0.4 is 5.32 Å². The van der Waals surface area contributed by atoms with Crippen LogP contribution in [0, 0.1) is 6.92 Å². The van der Waals surface area contributed by atoms with Gasteiger partial charge in [-0.25, -0.2) is 4.79 Å². The maximum absolute atomic E-state index is 12.2. The third-order valence-corrected chi connectivity index (χ3v) is 4.36. The average molecular weight is 311 g/mol. The summed E-state index contributed by atoms with van der Waals surface area (Å²) in [6, 6.07) is 6.23. The molecule has 0 saturated carbocycles. The Bertz CT molecular complexity index is 447. The van der Waals surface area contributed by atoms with Crippen molar-refractivity contribution in [2.45, 2.75) is 39.2 Å². The van der Waals surface area contributed by atoms with Crippen LogP contribution in [-0.4, -0.2) is 23.5 Å². The van der Waals surface area contributed by atoms with Crippen molar-refractivity contribution in [1.82, 2.24) is 4.90 Å². The summed E-state index contributed by atoms with van der Waals surface area (Å²) in [5.41, 5.74) is 1.98. The third-order valence-electron chi connectivity index (χ3n) is 3.47. The molecule has 1 N–H and O–H groups in total. The lowest BCUT2D eigenvalue weighted by Crippen LogP contribution is -2.44. The molecule has 1 fully saturated rings. The highest BCUT2D eigenvalue weighted by molar-refractivity contribution is 9.10. The Morgan fingerprint density at radius 3 is 2.89 bits per heavy atom. The zero-order valence-corrected chi connectivity index (χ0v) is 12.5. The third kappa shape index (κ3) is 3.05. The van der Waals surface area contributed by atoms with E-state index < -0.39 is 0 Å². The van der Waals surface area contributed by atoms with E-state index in [2.05, 4.69) is 28.2 Å². The van der Waals surface area contributed by atoms with Gasteiger partial charge in [-0.2, -0.15) is 0 Å². The molecular weight excluding hydrogens is 292 g/mol. The van der Waals surface area contributed by atoms with Gasteiger partial charge in [-0.05, 0) is 56.9 Å². The fraction of sp³-hybridized carbons (Fsp3) is 0.500. The molecule has 1 aliphatic heterocycles. The summed E-state index contributed by atoms with van der Waals surface area (Å²) in [5, 5.41) is 2.98. The number of benzene rings is 1. The number of carbonyl (C=O) groups is 1. The summed E-state index contributed by atoms with van der Waals surface area (Å²) in [4.78, 5) is 14.1. The lowest BCUT2D eigenvalue weighted by atomic mass is 10.0. The van der Waals surface area contributed by atoms with Crippen molar-refractivity contribution in [3.05, 3.63) is 28.2 Å². The second kappa shape index (κ2) is 5.74. The lowest BCUT2D eigenvalue weighted by Gasteiger charge is -2.33. The molecule has 2 amide bonds. The molecule has 1 aromatic carbocycles. The van der Waals surface area contributed by atoms with Crippen molar-refractivity contribution in [2.75, 3.05) is 11.9 Å². The fourth-order valence-electron chi connectivity index (χ4n) is 2.32. The number of nitrogens with zero attached hydrogens (tertiary/aromatic N) is 1. The van der Waals surface area contributed by atoms with Crippen LogP contribution in [0.2, 0.25) is 0 Å². The van der Waals surface area contributed by atoms with E-state index in [1.165, 1.54) is 6.42 Å². The van der Waals surface area contributed by atoms with Crippen LogP contribution in [0.5, 0.6) is 0 Å². The molecule has 1 aliphatic rings. The predicted molar refractivity (Wildman–Crippen MR) is 77.9 cm³/mol. The molecular formula is C14H19BrN2O. The number of anilines is 1. The maximum Gasteiger partial charge on any atom is 0.322 e. The summed E-state index contributed by atoms with van der Waals surface area (Å²) >= 11 is 3.46. The number of hydrogen-bond acceptors (Lipinski definition) is 1. The Morgan fingerprint density at radius 1 is 1.44 bits per heavy atom. The van der Waals surface area contributed by atoms with E-state index in [-0.39, 0.29) is 6.03 Å². The minimum atomic E-state index is 0.0175. The molecule has 3 nitrogen and oxygen atoms in total. The number of urea groups is 1. The number of halogens is 1. The van der Waals surface area contributed by atoms with Crippen molar-refractivity contribution < 1.29 is 4.79 Å². The van der Waals surface area contributed by atoms with Crippen LogP contribution in [0.3, 0.4) is 0 Å². The molecule has 1 atom stereocenters. The van der Waals surface area contributed by atoms with Crippen LogP contribution in [0.4, 0.5) is 10.5 Å². The van der Waals surface area contributed by atoms with Crippen LogP contribution in [-0.2, 0) is 0 Å². The summed E-state index contributed by atoms with van der Waals surface area (Å²) in [6.07, 6.45) is 3.44. The normalized spacial score (nSPS) is 19.7. The topological polar surface area (TPSA) is 32.3 Å². The van der Waals surface area contributed by atoms with Crippen LogP contribution in [0.1, 0.15) is 31.7 Å². The zero-order valence-electron chi connectivity index (χ0n) is 10.9. The van der Waals surface area contributed by atoms with Crippen molar-refractivity contribution in [1.29, 1.82) is 0 Å². The molecule has 1 heterocycles. The first kappa shape index (κ1) is 13.4. The molecule has 1 saturated heterocycles. The smallest absolute Gasteiger partial charge is 0.322 e. The second-order valence-electron chi connectivity index (χ2n) is 4.93. The number of aryl methyl sites for hydroxylation is 1. The molecule has 1 aromatic rings. The SMILES string of the molecule is Cc1cc(NC(=O)N2CCCC[C@@H]2C)ccc1Br. The van der Waals surface area contributed by atoms with Gasteiger partial charge < -0.3 is 10.2 Å². The largest absolute Gasteiger partial charge is 0.322 e. The van der Waals surface area contributed by atoms with Gasteiger partial charge in [0.15, 0.2) is 0 Å². The van der Waals surface area contributed by atoms with Crippen LogP contribution >= 0.6 is 15.9 Å². The summed E-state index contributed by atoms with van der Waals surface area (Å²) in [6.45, 7) is 5.00. The van der Waals surface area contributed by atoms with Crippen LogP contribution in [0.25, 0.3) is 0 Å². The molecule has 2 rings (SSSR count). The van der Waals surface area contributed by atoms with E-state index in [1.54, 1.807) is 0 Å². The number of nitrogens with one attached hydrogen (secondary N) is 1. The number of amides is 2. The molecule has 4 heteroatoms. The molecule has 0 spiro atoms. The van der Waals surface area contributed by atoms with E-state index in [0.717, 1.165) is 35.1 Å². The summed E-state index contributed by atoms with van der Waals surface area (Å²) in [5.74, 6) is 0. The van der Waals surface area contributed by atoms with Crippen molar-refractivity contribution in [3.63, 3.8) is 0 Å². The van der Waals surface area contributed by atoms with E-state index >= 15 is 0 Å². The number of hydrogen-bond donors (Lipinski definition) is 1. The second-order valence-corrected chi connectivity index (χ2v) is 5.79. The Labute approximate surface area is 117 Å². The van der Waals surface area contributed by atoms with Gasteiger partial charge in [0.05, 0.1) is 0 Å². The molecule has 0 aromatic heterocycles. The molecule has 0 unspecified atom stereocenters. The number of carbonyl (C=O) groups excluding carboxylic acids is 1. The number of piperidine rings is 1. The lowest BCUT2D eigenvalue weighted by molar-refractivity contribution is 0.170. The average Bonchev–Trinajstić information content (AvgIpc) is 2.34. The molecule has 0 aliphatic carbocycles. The highest BCUT2D eigenvalue weighted by atomic mass is 79.9. The first-order valence-electron chi connectivity index (χ1n) is 6.41. The van der Waals surface area contributed by atoms with E-state index in [0.29, 0.717) is 6.04 Å². The molecule has 98 valence electrons. The first-order valence-corrected chi connectivity index (χ1v) is 7.21. The van der Waals surface area contributed by atoms with Gasteiger partial charge in [-0.15, -0.1) is 0 Å². The minimum Gasteiger partial charge on any atom is -0.322 e. The van der Waals surface area contributed by atoms with Crippen LogP contribution in [0.15, 0.2) is 22.7 Å². The fourth-order valence-corrected chi connectivity index (χ4v) is 2.56. The highest BCUT2D eigenvalue weighted by Crippen LogP contribution is 2.22. The highest BCUT2D eigenvalue weighted by Gasteiger charge is 2.23. The molecule has 0 bridgehead atoms. The Balaban J connectivity index is 2.04. The number of rotatable bonds is 1. The monoisotopic (exact) mass is 310 g/mol. The predicted octanol–water partition coefficient (Wildman–Crippen LogP) is 4.16. The van der Waals surface area contributed by atoms with Gasteiger partial charge in [0.2, 0.25) is 0 Å². The van der Waals surface area contributed by atoms with Gasteiger partial charge in [0, 0.05) is 22.7 Å². The summed E-state index contributed by atoms with van der Waals surface area (Å²) < 4.78 is 1.06. The minimum absolute atomic E-state index is 0.0175. The Kier molecular flexibility index (Phi) is 4.27. The van der Waals surface area contributed by atoms with E-state index in [4.69, 9.17) is 0 Å². The van der Waals surface area contributed by atoms with Crippen molar-refractivity contribution in [2.24, 2.45) is 0 Å². The molecule has 0 radical (unpaired) electrons. The standard InChI is InChI=1S/C14H19BrN2O/c1-10-9-12(6-7-13(10)15)16-14(18)17-8-4-3-5-11(17)2/h6-7,9,11H,3-5,8H2,1-2H3,(H,16,18)/t11-/m0/s1. The van der Waals surface area contributed by atoms with E-state index in [1.807, 2.05) is 30.0 Å². The summed E-state index contributed by atoms with van der Waals surface area (Å²) in [7, 11) is 0. The Morgan fingerprint density at radius 2 is 2.22 bits per heavy atom. The van der Waals surface area contributed by atoms with Gasteiger partial charge in [0.25, 0.3) is 0 Å². The van der Waals surface area contributed by atoms with Gasteiger partial charge in [-0.3, -0.25) is 0 Å². The number of likely N-dealkylation sites (tertiary alicyclic amines) is 1. The van der Waals surface area contributed by atoms with Crippen molar-refractivity contribution in [3.8, 4) is 0 Å². The maximum atomic E-state index is 12.2. The van der Waals surface area contributed by atoms with Gasteiger partial charge in [0.1, 0.15) is 0 Å². The molecule has 18 heavy (non-hydrogen) atoms. The van der Waals surface area contributed by atoms with Gasteiger partial charge in [-0.1, -0.05) is 15.9 Å². The first-order chi connectivity index (χ1) is 8.58. The Hall–Kier alpha value is -1.03. The van der Waals surface area contributed by atoms with E-state index in [9.17, 15) is 4.79 Å². The van der Waals surface area contributed by atoms with Gasteiger partial charge >= 0.3 is 6.03 Å².